The summed E-state index contributed by atoms with van der Waals surface area (Å²) in [7, 11) is -3.48. The molecule has 2 aliphatic rings. The Hall–Kier alpha value is -2.11. The largest absolute Gasteiger partial charge is 0.378 e. The standard InChI is InChI=1S/C20H27N3O4S/c21-9-10-22-20(24)19-4-2-1-3-16(19)15-28(25,26)18-7-5-17(6-8-18)23-11-13-27-14-12-23/h5-8,16,19H,1-4,10-15H2,(H,22,24)/t16-,19+/m0/s1. The van der Waals surface area contributed by atoms with Gasteiger partial charge in [0.2, 0.25) is 5.91 Å². The van der Waals surface area contributed by atoms with Gasteiger partial charge in [0.25, 0.3) is 0 Å². The van der Waals surface area contributed by atoms with E-state index < -0.39 is 9.84 Å². The molecule has 0 radical (unpaired) electrons. The summed E-state index contributed by atoms with van der Waals surface area (Å²) in [6.45, 7) is 2.91. The molecule has 28 heavy (non-hydrogen) atoms. The second-order valence-electron chi connectivity index (χ2n) is 7.40. The lowest BCUT2D eigenvalue weighted by molar-refractivity contribution is -0.127. The molecule has 1 saturated carbocycles. The number of hydrogen-bond donors (Lipinski definition) is 1. The van der Waals surface area contributed by atoms with Gasteiger partial charge in [-0.1, -0.05) is 12.8 Å². The van der Waals surface area contributed by atoms with Crippen LogP contribution >= 0.6 is 0 Å². The van der Waals surface area contributed by atoms with Crippen LogP contribution in [0.2, 0.25) is 0 Å². The Kier molecular flexibility index (Phi) is 6.92. The van der Waals surface area contributed by atoms with Crippen molar-refractivity contribution in [3.8, 4) is 6.07 Å². The number of morpholine rings is 1. The van der Waals surface area contributed by atoms with E-state index in [0.29, 0.717) is 24.5 Å². The highest BCUT2D eigenvalue weighted by Crippen LogP contribution is 2.33. The van der Waals surface area contributed by atoms with Gasteiger partial charge >= 0.3 is 0 Å². The second-order valence-corrected chi connectivity index (χ2v) is 9.44. The fraction of sp³-hybridized carbons (Fsp3) is 0.600. The molecule has 7 nitrogen and oxygen atoms in total. The third-order valence-electron chi connectivity index (χ3n) is 5.59. The average molecular weight is 406 g/mol. The van der Waals surface area contributed by atoms with Gasteiger partial charge in [-0.05, 0) is 43.0 Å². The molecule has 0 spiro atoms. The molecule has 2 atom stereocenters. The number of carbonyl (C=O) groups excluding carboxylic acids is 1. The number of rotatable bonds is 6. The van der Waals surface area contributed by atoms with Gasteiger partial charge < -0.3 is 15.0 Å². The molecule has 0 aromatic heterocycles. The van der Waals surface area contributed by atoms with Crippen LogP contribution in [-0.4, -0.2) is 52.9 Å². The van der Waals surface area contributed by atoms with Gasteiger partial charge in [0, 0.05) is 24.7 Å². The quantitative estimate of drug-likeness (QED) is 0.724. The Labute approximate surface area is 166 Å². The predicted octanol–water partition coefficient (Wildman–Crippen LogP) is 1.74. The highest BCUT2D eigenvalue weighted by Gasteiger charge is 2.34. The second kappa shape index (κ2) is 9.39. The van der Waals surface area contributed by atoms with Crippen molar-refractivity contribution in [1.82, 2.24) is 5.32 Å². The van der Waals surface area contributed by atoms with Crippen molar-refractivity contribution in [1.29, 1.82) is 5.26 Å². The first-order valence-corrected chi connectivity index (χ1v) is 11.5. The predicted molar refractivity (Wildman–Crippen MR) is 106 cm³/mol. The Morgan fingerprint density at radius 1 is 1.18 bits per heavy atom. The molecule has 1 saturated heterocycles. The van der Waals surface area contributed by atoms with E-state index >= 15 is 0 Å². The smallest absolute Gasteiger partial charge is 0.224 e. The summed E-state index contributed by atoms with van der Waals surface area (Å²) in [6, 6.07) is 8.90. The summed E-state index contributed by atoms with van der Waals surface area (Å²) in [4.78, 5) is 14.8. The van der Waals surface area contributed by atoms with Crippen molar-refractivity contribution in [2.45, 2.75) is 30.6 Å². The highest BCUT2D eigenvalue weighted by atomic mass is 32.2. The molecule has 0 bridgehead atoms. The Bertz CT molecular complexity index is 811. The molecule has 3 rings (SSSR count). The van der Waals surface area contributed by atoms with Crippen LogP contribution < -0.4 is 10.2 Å². The zero-order valence-electron chi connectivity index (χ0n) is 16.0. The van der Waals surface area contributed by atoms with Crippen molar-refractivity contribution >= 4 is 21.4 Å². The van der Waals surface area contributed by atoms with E-state index in [4.69, 9.17) is 10.00 Å². The number of sulfone groups is 1. The van der Waals surface area contributed by atoms with Crippen LogP contribution in [0.25, 0.3) is 0 Å². The van der Waals surface area contributed by atoms with Crippen molar-refractivity contribution in [3.63, 3.8) is 0 Å². The topological polar surface area (TPSA) is 99.5 Å². The summed E-state index contributed by atoms with van der Waals surface area (Å²) >= 11 is 0. The number of ether oxygens (including phenoxy) is 1. The van der Waals surface area contributed by atoms with Crippen LogP contribution in [0.4, 0.5) is 5.69 Å². The van der Waals surface area contributed by atoms with Gasteiger partial charge in [-0.2, -0.15) is 5.26 Å². The SMILES string of the molecule is N#CCNC(=O)[C@@H]1CCCC[C@H]1CS(=O)(=O)c1ccc(N2CCOCC2)cc1. The molecule has 1 aromatic rings. The minimum atomic E-state index is -3.48. The fourth-order valence-electron chi connectivity index (χ4n) is 4.07. The Balaban J connectivity index is 1.69. The van der Waals surface area contributed by atoms with Crippen LogP contribution in [0, 0.1) is 23.2 Å². The van der Waals surface area contributed by atoms with E-state index in [9.17, 15) is 13.2 Å². The average Bonchev–Trinajstić information content (AvgIpc) is 2.73. The Morgan fingerprint density at radius 2 is 1.86 bits per heavy atom. The van der Waals surface area contributed by atoms with Gasteiger partial charge in [0.1, 0.15) is 6.54 Å². The summed E-state index contributed by atoms with van der Waals surface area (Å²) in [5.74, 6) is -0.792. The van der Waals surface area contributed by atoms with Gasteiger partial charge in [-0.25, -0.2) is 8.42 Å². The zero-order chi connectivity index (χ0) is 20.0. The number of carbonyl (C=O) groups is 1. The van der Waals surface area contributed by atoms with Crippen molar-refractivity contribution in [2.75, 3.05) is 43.5 Å². The molecular formula is C20H27N3O4S. The van der Waals surface area contributed by atoms with Crippen LogP contribution in [-0.2, 0) is 19.4 Å². The van der Waals surface area contributed by atoms with E-state index in [1.807, 2.05) is 18.2 Å². The molecule has 8 heteroatoms. The lowest BCUT2D eigenvalue weighted by Gasteiger charge is -2.30. The van der Waals surface area contributed by atoms with E-state index in [0.717, 1.165) is 38.0 Å². The number of nitriles is 1. The number of anilines is 1. The third-order valence-corrected chi connectivity index (χ3v) is 7.45. The lowest BCUT2D eigenvalue weighted by atomic mass is 9.80. The maximum atomic E-state index is 13.0. The molecule has 152 valence electrons. The first-order valence-electron chi connectivity index (χ1n) is 9.81. The first kappa shape index (κ1) is 20.6. The third kappa shape index (κ3) is 5.03. The van der Waals surface area contributed by atoms with Crippen LogP contribution in [0.5, 0.6) is 0 Å². The summed E-state index contributed by atoms with van der Waals surface area (Å²) < 4.78 is 31.3. The Morgan fingerprint density at radius 3 is 2.54 bits per heavy atom. The first-order chi connectivity index (χ1) is 13.5. The molecule has 1 aromatic carbocycles. The molecule has 0 unspecified atom stereocenters. The molecule has 1 aliphatic carbocycles. The van der Waals surface area contributed by atoms with Crippen LogP contribution in [0.3, 0.4) is 0 Å². The molecule has 1 N–H and O–H groups in total. The van der Waals surface area contributed by atoms with E-state index in [-0.39, 0.29) is 30.0 Å². The fourth-order valence-corrected chi connectivity index (χ4v) is 5.78. The molecular weight excluding hydrogens is 378 g/mol. The molecule has 1 amide bonds. The molecule has 2 fully saturated rings. The maximum Gasteiger partial charge on any atom is 0.224 e. The molecule has 1 heterocycles. The van der Waals surface area contributed by atoms with Crippen molar-refractivity contribution in [2.24, 2.45) is 11.8 Å². The zero-order valence-corrected chi connectivity index (χ0v) is 16.8. The number of benzene rings is 1. The maximum absolute atomic E-state index is 13.0. The van der Waals surface area contributed by atoms with Crippen LogP contribution in [0.15, 0.2) is 29.2 Å². The van der Waals surface area contributed by atoms with E-state index in [2.05, 4.69) is 10.2 Å². The van der Waals surface area contributed by atoms with E-state index in [1.54, 1.807) is 12.1 Å². The summed E-state index contributed by atoms with van der Waals surface area (Å²) in [6.07, 6.45) is 3.23. The van der Waals surface area contributed by atoms with Gasteiger partial charge in [-0.3, -0.25) is 4.79 Å². The summed E-state index contributed by atoms with van der Waals surface area (Å²) in [5.41, 5.74) is 0.994. The van der Waals surface area contributed by atoms with Crippen molar-refractivity contribution < 1.29 is 17.9 Å². The molecule has 1 aliphatic heterocycles. The van der Waals surface area contributed by atoms with E-state index in [1.165, 1.54) is 0 Å². The van der Waals surface area contributed by atoms with Gasteiger partial charge in [0.15, 0.2) is 9.84 Å². The highest BCUT2D eigenvalue weighted by molar-refractivity contribution is 7.91. The summed E-state index contributed by atoms with van der Waals surface area (Å²) in [5, 5.41) is 11.3. The minimum Gasteiger partial charge on any atom is -0.378 e. The van der Waals surface area contributed by atoms with Crippen molar-refractivity contribution in [3.05, 3.63) is 24.3 Å². The lowest BCUT2D eigenvalue weighted by Crippen LogP contribution is -2.39. The van der Waals surface area contributed by atoms with Crippen LogP contribution in [0.1, 0.15) is 25.7 Å². The monoisotopic (exact) mass is 405 g/mol. The van der Waals surface area contributed by atoms with Gasteiger partial charge in [-0.15, -0.1) is 0 Å². The number of nitrogens with zero attached hydrogens (tertiary/aromatic N) is 2. The number of hydrogen-bond acceptors (Lipinski definition) is 6. The number of amides is 1. The van der Waals surface area contributed by atoms with Gasteiger partial charge in [0.05, 0.1) is 29.9 Å². The minimum absolute atomic E-state index is 0.0332. The number of nitrogens with one attached hydrogen (secondary N) is 1. The normalized spacial score (nSPS) is 23.0.